The van der Waals surface area contributed by atoms with Crippen molar-refractivity contribution in [2.45, 2.75) is 32.9 Å². The summed E-state index contributed by atoms with van der Waals surface area (Å²) in [5, 5.41) is 9.62. The van der Waals surface area contributed by atoms with Crippen LogP contribution in [0.4, 0.5) is 5.69 Å². The van der Waals surface area contributed by atoms with Crippen LogP contribution >= 0.6 is 15.9 Å². The van der Waals surface area contributed by atoms with Crippen molar-refractivity contribution in [1.82, 2.24) is 4.90 Å². The highest BCUT2D eigenvalue weighted by Crippen LogP contribution is 2.30. The lowest BCUT2D eigenvalue weighted by Crippen LogP contribution is -2.51. The van der Waals surface area contributed by atoms with Gasteiger partial charge in [0, 0.05) is 30.1 Å². The maximum absolute atomic E-state index is 9.62. The van der Waals surface area contributed by atoms with E-state index in [0.717, 1.165) is 36.2 Å². The number of likely N-dealkylation sites (N-methyl/N-ethyl adjacent to an activating group) is 1. The normalized spacial score (nSPS) is 22.6. The molecule has 0 aliphatic carbocycles. The van der Waals surface area contributed by atoms with Gasteiger partial charge in [0.25, 0.3) is 0 Å². The first-order chi connectivity index (χ1) is 9.02. The topological polar surface area (TPSA) is 26.7 Å². The zero-order valence-corrected chi connectivity index (χ0v) is 13.5. The van der Waals surface area contributed by atoms with Crippen LogP contribution < -0.4 is 4.90 Å². The van der Waals surface area contributed by atoms with Crippen molar-refractivity contribution in [2.75, 3.05) is 31.1 Å². The number of rotatable bonds is 3. The third kappa shape index (κ3) is 3.30. The van der Waals surface area contributed by atoms with E-state index >= 15 is 0 Å². The maximum Gasteiger partial charge on any atom is 0.0762 e. The minimum atomic E-state index is -0.416. The first-order valence-corrected chi connectivity index (χ1v) is 7.78. The molecule has 0 aromatic heterocycles. The number of benzene rings is 1. The van der Waals surface area contributed by atoms with Crippen molar-refractivity contribution in [3.63, 3.8) is 0 Å². The number of anilines is 1. The van der Waals surface area contributed by atoms with Crippen molar-refractivity contribution in [3.8, 4) is 0 Å². The van der Waals surface area contributed by atoms with Gasteiger partial charge in [-0.25, -0.2) is 0 Å². The van der Waals surface area contributed by atoms with E-state index in [1.165, 1.54) is 5.69 Å². The predicted octanol–water partition coefficient (Wildman–Crippen LogP) is 3.03. The summed E-state index contributed by atoms with van der Waals surface area (Å²) in [6.45, 7) is 10.7. The van der Waals surface area contributed by atoms with E-state index in [0.29, 0.717) is 6.04 Å². The molecule has 2 atom stereocenters. The minimum absolute atomic E-state index is 0.416. The standard InChI is InChI=1S/C15H23BrN2O/c1-4-17-7-8-18(10-11(17)2)15-6-5-13(12(3)19)9-14(15)16/h5-6,9,11-12,19H,4,7-8,10H2,1-3H3/t11?,12-/m1/s1. The lowest BCUT2D eigenvalue weighted by atomic mass is 10.1. The SMILES string of the molecule is CCN1CCN(c2ccc([C@@H](C)O)cc2Br)CC1C. The van der Waals surface area contributed by atoms with Crippen LogP contribution in [-0.4, -0.2) is 42.2 Å². The second kappa shape index (κ2) is 6.25. The van der Waals surface area contributed by atoms with E-state index < -0.39 is 6.10 Å². The Morgan fingerprint density at radius 2 is 2.16 bits per heavy atom. The second-order valence-electron chi connectivity index (χ2n) is 5.31. The van der Waals surface area contributed by atoms with Crippen LogP contribution in [0.2, 0.25) is 0 Å². The molecule has 3 nitrogen and oxygen atoms in total. The number of hydrogen-bond acceptors (Lipinski definition) is 3. The number of hydrogen-bond donors (Lipinski definition) is 1. The van der Waals surface area contributed by atoms with Crippen molar-refractivity contribution in [2.24, 2.45) is 0 Å². The summed E-state index contributed by atoms with van der Waals surface area (Å²) < 4.78 is 1.07. The highest BCUT2D eigenvalue weighted by Gasteiger charge is 2.23. The fourth-order valence-electron chi connectivity index (χ4n) is 2.72. The van der Waals surface area contributed by atoms with Gasteiger partial charge in [-0.1, -0.05) is 13.0 Å². The number of aliphatic hydroxyl groups is 1. The second-order valence-corrected chi connectivity index (χ2v) is 6.16. The fourth-order valence-corrected chi connectivity index (χ4v) is 3.37. The Hall–Kier alpha value is -0.580. The van der Waals surface area contributed by atoms with Crippen molar-refractivity contribution < 1.29 is 5.11 Å². The summed E-state index contributed by atoms with van der Waals surface area (Å²) >= 11 is 3.64. The smallest absolute Gasteiger partial charge is 0.0762 e. The Balaban J connectivity index is 2.15. The number of aliphatic hydroxyl groups excluding tert-OH is 1. The monoisotopic (exact) mass is 326 g/mol. The van der Waals surface area contributed by atoms with Gasteiger partial charge in [-0.05, 0) is 54.0 Å². The zero-order chi connectivity index (χ0) is 14.0. The number of nitrogens with zero attached hydrogens (tertiary/aromatic N) is 2. The lowest BCUT2D eigenvalue weighted by molar-refractivity contribution is 0.198. The molecule has 106 valence electrons. The van der Waals surface area contributed by atoms with Crippen LogP contribution in [0.3, 0.4) is 0 Å². The van der Waals surface area contributed by atoms with Crippen molar-refractivity contribution >= 4 is 21.6 Å². The van der Waals surface area contributed by atoms with Gasteiger partial charge in [-0.2, -0.15) is 0 Å². The van der Waals surface area contributed by atoms with Gasteiger partial charge in [0.05, 0.1) is 11.8 Å². The van der Waals surface area contributed by atoms with Crippen LogP contribution in [0.25, 0.3) is 0 Å². The molecule has 1 heterocycles. The van der Waals surface area contributed by atoms with E-state index in [9.17, 15) is 5.11 Å². The summed E-state index contributed by atoms with van der Waals surface area (Å²) in [5.74, 6) is 0. The molecule has 4 heteroatoms. The molecule has 0 radical (unpaired) electrons. The molecule has 1 unspecified atom stereocenters. The van der Waals surface area contributed by atoms with Crippen LogP contribution in [-0.2, 0) is 0 Å². The van der Waals surface area contributed by atoms with E-state index in [4.69, 9.17) is 0 Å². The van der Waals surface area contributed by atoms with Crippen LogP contribution in [0.5, 0.6) is 0 Å². The third-order valence-electron chi connectivity index (χ3n) is 3.97. The Labute approximate surface area is 124 Å². The summed E-state index contributed by atoms with van der Waals surface area (Å²) in [5.41, 5.74) is 2.18. The summed E-state index contributed by atoms with van der Waals surface area (Å²) in [4.78, 5) is 4.93. The van der Waals surface area contributed by atoms with Crippen molar-refractivity contribution in [3.05, 3.63) is 28.2 Å². The van der Waals surface area contributed by atoms with E-state index in [2.05, 4.69) is 45.6 Å². The molecular formula is C15H23BrN2O. The Morgan fingerprint density at radius 1 is 1.42 bits per heavy atom. The average Bonchev–Trinajstić information content (AvgIpc) is 2.38. The summed E-state index contributed by atoms with van der Waals surface area (Å²) in [7, 11) is 0. The molecule has 1 saturated heterocycles. The predicted molar refractivity (Wildman–Crippen MR) is 83.7 cm³/mol. The highest BCUT2D eigenvalue weighted by atomic mass is 79.9. The van der Waals surface area contributed by atoms with Gasteiger partial charge in [0.2, 0.25) is 0 Å². The molecule has 1 aliphatic heterocycles. The van der Waals surface area contributed by atoms with Gasteiger partial charge in [-0.15, -0.1) is 0 Å². The lowest BCUT2D eigenvalue weighted by Gasteiger charge is -2.41. The largest absolute Gasteiger partial charge is 0.389 e. The van der Waals surface area contributed by atoms with Crippen LogP contribution in [0.1, 0.15) is 32.4 Å². The Morgan fingerprint density at radius 3 is 2.68 bits per heavy atom. The zero-order valence-electron chi connectivity index (χ0n) is 11.9. The van der Waals surface area contributed by atoms with Gasteiger partial charge in [0.15, 0.2) is 0 Å². The quantitative estimate of drug-likeness (QED) is 0.924. The van der Waals surface area contributed by atoms with Crippen LogP contribution in [0, 0.1) is 0 Å². The van der Waals surface area contributed by atoms with Gasteiger partial charge < -0.3 is 10.0 Å². The number of piperazine rings is 1. The molecule has 1 fully saturated rings. The van der Waals surface area contributed by atoms with E-state index in [1.54, 1.807) is 6.92 Å². The molecule has 0 saturated carbocycles. The number of halogens is 1. The van der Waals surface area contributed by atoms with Crippen LogP contribution in [0.15, 0.2) is 22.7 Å². The summed E-state index contributed by atoms with van der Waals surface area (Å²) in [6.07, 6.45) is -0.416. The van der Waals surface area contributed by atoms with Gasteiger partial charge >= 0.3 is 0 Å². The molecule has 0 bridgehead atoms. The highest BCUT2D eigenvalue weighted by molar-refractivity contribution is 9.10. The fraction of sp³-hybridized carbons (Fsp3) is 0.600. The molecule has 1 aliphatic rings. The first-order valence-electron chi connectivity index (χ1n) is 6.99. The molecule has 1 N–H and O–H groups in total. The van der Waals surface area contributed by atoms with Gasteiger partial charge in [0.1, 0.15) is 0 Å². The maximum atomic E-state index is 9.62. The molecule has 19 heavy (non-hydrogen) atoms. The van der Waals surface area contributed by atoms with Crippen molar-refractivity contribution in [1.29, 1.82) is 0 Å². The first kappa shape index (κ1) is 14.8. The minimum Gasteiger partial charge on any atom is -0.389 e. The molecule has 2 rings (SSSR count). The molecule has 0 spiro atoms. The average molecular weight is 327 g/mol. The molecular weight excluding hydrogens is 304 g/mol. The summed E-state index contributed by atoms with van der Waals surface area (Å²) in [6, 6.07) is 6.74. The van der Waals surface area contributed by atoms with E-state index in [-0.39, 0.29) is 0 Å². The third-order valence-corrected chi connectivity index (χ3v) is 4.60. The molecule has 1 aromatic rings. The molecule has 0 amide bonds. The Kier molecular flexibility index (Phi) is 4.87. The Bertz CT molecular complexity index is 436. The van der Waals surface area contributed by atoms with Gasteiger partial charge in [-0.3, -0.25) is 4.90 Å². The van der Waals surface area contributed by atoms with E-state index in [1.807, 2.05) is 12.1 Å². The molecule has 1 aromatic carbocycles.